The predicted octanol–water partition coefficient (Wildman–Crippen LogP) is 3.27. The molecule has 0 radical (unpaired) electrons. The fraction of sp³-hybridized carbons (Fsp3) is 0.111. The molecule has 76 valence electrons. The van der Waals surface area contributed by atoms with Crippen LogP contribution in [-0.2, 0) is 9.05 Å². The normalized spacial score (nSPS) is 12.9. The van der Waals surface area contributed by atoms with E-state index in [9.17, 15) is 8.42 Å². The summed E-state index contributed by atoms with van der Waals surface area (Å²) in [6.07, 6.45) is 1.48. The molecule has 0 aromatic heterocycles. The van der Waals surface area contributed by atoms with Gasteiger partial charge in [0.25, 0.3) is 9.05 Å². The molecule has 0 spiro atoms. The van der Waals surface area contributed by atoms with Gasteiger partial charge in [-0.15, -0.1) is 0 Å². The van der Waals surface area contributed by atoms with E-state index in [2.05, 4.69) is 0 Å². The van der Waals surface area contributed by atoms with Crippen molar-refractivity contribution in [3.63, 3.8) is 0 Å². The third-order valence-electron chi connectivity index (χ3n) is 1.62. The minimum Gasteiger partial charge on any atom is -0.207 e. The van der Waals surface area contributed by atoms with Crippen LogP contribution < -0.4 is 0 Å². The zero-order chi connectivity index (χ0) is 10.8. The molecule has 0 saturated carbocycles. The number of hydrogen-bond donors (Lipinski definition) is 0. The average Bonchev–Trinajstić information content (AvgIpc) is 2.07. The van der Waals surface area contributed by atoms with Gasteiger partial charge in [0.2, 0.25) is 0 Å². The summed E-state index contributed by atoms with van der Waals surface area (Å²) in [7, 11) is 1.53. The molecule has 14 heavy (non-hydrogen) atoms. The van der Waals surface area contributed by atoms with E-state index >= 15 is 0 Å². The Morgan fingerprint density at radius 3 is 2.21 bits per heavy atom. The highest BCUT2D eigenvalue weighted by molar-refractivity contribution is 8.16. The lowest BCUT2D eigenvalue weighted by atomic mass is 10.2. The van der Waals surface area contributed by atoms with Crippen LogP contribution in [0.5, 0.6) is 0 Å². The molecule has 0 atom stereocenters. The lowest BCUT2D eigenvalue weighted by molar-refractivity contribution is 0.615. The second-order valence-corrected chi connectivity index (χ2v) is 5.92. The Hall–Kier alpha value is -0.510. The quantitative estimate of drug-likeness (QED) is 0.756. The second kappa shape index (κ2) is 4.34. The lowest BCUT2D eigenvalue weighted by Crippen LogP contribution is -1.89. The Bertz CT molecular complexity index is 446. The van der Waals surface area contributed by atoms with Crippen LogP contribution in [0.3, 0.4) is 0 Å². The van der Waals surface area contributed by atoms with Crippen LogP contribution in [0.1, 0.15) is 12.5 Å². The number of hydrogen-bond acceptors (Lipinski definition) is 2. The summed E-state index contributed by atoms with van der Waals surface area (Å²) in [5, 5.41) is 0.605. The Kier molecular flexibility index (Phi) is 3.59. The molecule has 0 unspecified atom stereocenters. The fourth-order valence-electron chi connectivity index (χ4n) is 0.864. The van der Waals surface area contributed by atoms with Gasteiger partial charge in [-0.1, -0.05) is 23.7 Å². The molecule has 0 amide bonds. The van der Waals surface area contributed by atoms with Crippen LogP contribution in [0.25, 0.3) is 6.08 Å². The fourth-order valence-corrected chi connectivity index (χ4v) is 1.40. The summed E-state index contributed by atoms with van der Waals surface area (Å²) in [4.78, 5) is 0.112. The van der Waals surface area contributed by atoms with Gasteiger partial charge in [0.15, 0.2) is 0 Å². The number of halogens is 2. The first-order valence-corrected chi connectivity index (χ1v) is 6.47. The van der Waals surface area contributed by atoms with E-state index in [-0.39, 0.29) is 4.91 Å². The van der Waals surface area contributed by atoms with Crippen molar-refractivity contribution in [1.29, 1.82) is 0 Å². The van der Waals surface area contributed by atoms with Crippen LogP contribution in [0.4, 0.5) is 0 Å². The minimum atomic E-state index is -3.61. The molecule has 0 bridgehead atoms. The van der Waals surface area contributed by atoms with Crippen LogP contribution in [0.15, 0.2) is 29.2 Å². The molecule has 0 fully saturated rings. The molecular weight excluding hydrogens is 243 g/mol. The maximum absolute atomic E-state index is 10.9. The van der Waals surface area contributed by atoms with Crippen LogP contribution in [0, 0.1) is 0 Å². The van der Waals surface area contributed by atoms with Crippen LogP contribution in [-0.4, -0.2) is 8.42 Å². The third kappa shape index (κ3) is 3.33. The van der Waals surface area contributed by atoms with E-state index in [0.29, 0.717) is 5.02 Å². The molecule has 0 aliphatic carbocycles. The Labute approximate surface area is 92.6 Å². The van der Waals surface area contributed by atoms with Crippen molar-refractivity contribution in [3.05, 3.63) is 39.8 Å². The van der Waals surface area contributed by atoms with Crippen LogP contribution >= 0.6 is 22.3 Å². The van der Waals surface area contributed by atoms with Crippen molar-refractivity contribution in [3.8, 4) is 0 Å². The molecule has 2 nitrogen and oxygen atoms in total. The molecule has 0 heterocycles. The van der Waals surface area contributed by atoms with Crippen molar-refractivity contribution in [1.82, 2.24) is 0 Å². The Morgan fingerprint density at radius 1 is 1.29 bits per heavy atom. The minimum absolute atomic E-state index is 0.112. The molecule has 0 aliphatic heterocycles. The van der Waals surface area contributed by atoms with Gasteiger partial charge in [0, 0.05) is 15.7 Å². The first-order valence-electron chi connectivity index (χ1n) is 3.78. The summed E-state index contributed by atoms with van der Waals surface area (Å²) in [6, 6.07) is 6.80. The van der Waals surface area contributed by atoms with Gasteiger partial charge in [0.05, 0.1) is 4.91 Å². The third-order valence-corrected chi connectivity index (χ3v) is 3.49. The lowest BCUT2D eigenvalue weighted by Gasteiger charge is -1.96. The SMILES string of the molecule is C/C(=C\c1ccc(Cl)cc1)S(=O)(=O)Cl. The number of benzene rings is 1. The van der Waals surface area contributed by atoms with E-state index in [1.807, 2.05) is 0 Å². The summed E-state index contributed by atoms with van der Waals surface area (Å²) < 4.78 is 21.7. The summed E-state index contributed by atoms with van der Waals surface area (Å²) in [5.74, 6) is 0. The van der Waals surface area contributed by atoms with Gasteiger partial charge in [0.1, 0.15) is 0 Å². The second-order valence-electron chi connectivity index (χ2n) is 2.74. The zero-order valence-corrected chi connectivity index (χ0v) is 9.70. The maximum Gasteiger partial charge on any atom is 0.257 e. The van der Waals surface area contributed by atoms with Crippen LogP contribution in [0.2, 0.25) is 5.02 Å². The molecule has 0 saturated heterocycles. The zero-order valence-electron chi connectivity index (χ0n) is 7.37. The highest BCUT2D eigenvalue weighted by Gasteiger charge is 2.07. The average molecular weight is 251 g/mol. The molecule has 0 aliphatic rings. The first kappa shape index (κ1) is 11.6. The van der Waals surface area contributed by atoms with Gasteiger partial charge in [-0.05, 0) is 30.7 Å². The van der Waals surface area contributed by atoms with Gasteiger partial charge in [-0.25, -0.2) is 8.42 Å². The van der Waals surface area contributed by atoms with E-state index in [1.165, 1.54) is 13.0 Å². The van der Waals surface area contributed by atoms with Gasteiger partial charge >= 0.3 is 0 Å². The van der Waals surface area contributed by atoms with Crippen molar-refractivity contribution < 1.29 is 8.42 Å². The monoisotopic (exact) mass is 250 g/mol. The Balaban J connectivity index is 3.05. The Morgan fingerprint density at radius 2 is 1.79 bits per heavy atom. The number of allylic oxidation sites excluding steroid dienone is 1. The van der Waals surface area contributed by atoms with Gasteiger partial charge in [-0.3, -0.25) is 0 Å². The molecule has 1 aromatic rings. The summed E-state index contributed by atoms with van der Waals surface area (Å²) >= 11 is 5.67. The molecule has 5 heteroatoms. The first-order chi connectivity index (χ1) is 6.39. The molecule has 0 N–H and O–H groups in total. The van der Waals surface area contributed by atoms with E-state index < -0.39 is 9.05 Å². The molecule has 1 aromatic carbocycles. The summed E-state index contributed by atoms with van der Waals surface area (Å²) in [5.41, 5.74) is 0.746. The largest absolute Gasteiger partial charge is 0.257 e. The van der Waals surface area contributed by atoms with E-state index in [4.69, 9.17) is 22.3 Å². The van der Waals surface area contributed by atoms with E-state index in [0.717, 1.165) is 5.56 Å². The van der Waals surface area contributed by atoms with Gasteiger partial charge in [-0.2, -0.15) is 0 Å². The highest BCUT2D eigenvalue weighted by Crippen LogP contribution is 2.17. The van der Waals surface area contributed by atoms with Crippen molar-refractivity contribution in [2.45, 2.75) is 6.92 Å². The number of rotatable bonds is 2. The smallest absolute Gasteiger partial charge is 0.207 e. The summed E-state index contributed by atoms with van der Waals surface area (Å²) in [6.45, 7) is 1.44. The molecular formula is C9H8Cl2O2S. The van der Waals surface area contributed by atoms with Crippen molar-refractivity contribution >= 4 is 37.4 Å². The van der Waals surface area contributed by atoms with E-state index in [1.54, 1.807) is 24.3 Å². The van der Waals surface area contributed by atoms with Crippen molar-refractivity contribution in [2.24, 2.45) is 0 Å². The highest BCUT2D eigenvalue weighted by atomic mass is 35.7. The van der Waals surface area contributed by atoms with Gasteiger partial charge < -0.3 is 0 Å². The molecule has 1 rings (SSSR count). The predicted molar refractivity (Wildman–Crippen MR) is 59.9 cm³/mol. The maximum atomic E-state index is 10.9. The topological polar surface area (TPSA) is 34.1 Å². The standard InChI is InChI=1S/C9H8Cl2O2S/c1-7(14(11,12)13)6-8-2-4-9(10)5-3-8/h2-6H,1H3/b7-6+. The van der Waals surface area contributed by atoms with Crippen molar-refractivity contribution in [2.75, 3.05) is 0 Å².